The highest BCUT2D eigenvalue weighted by Gasteiger charge is 2.31. The van der Waals surface area contributed by atoms with Crippen LogP contribution < -0.4 is 5.32 Å². The van der Waals surface area contributed by atoms with Gasteiger partial charge in [0.05, 0.1) is 17.0 Å². The normalized spacial score (nSPS) is 11.5. The molecule has 1 amide bonds. The van der Waals surface area contributed by atoms with Gasteiger partial charge in [0, 0.05) is 17.5 Å². The summed E-state index contributed by atoms with van der Waals surface area (Å²) < 4.78 is 55.1. The summed E-state index contributed by atoms with van der Waals surface area (Å²) in [6, 6.07) is 19.9. The summed E-state index contributed by atoms with van der Waals surface area (Å²) in [6.07, 6.45) is -4.13. The number of rotatable bonds is 8. The first-order valence-corrected chi connectivity index (χ1v) is 13.4. The quantitative estimate of drug-likeness (QED) is 0.161. The molecule has 2 heterocycles. The van der Waals surface area contributed by atoms with E-state index in [1.54, 1.807) is 16.0 Å². The van der Waals surface area contributed by atoms with Gasteiger partial charge in [0.2, 0.25) is 0 Å². The Morgan fingerprint density at radius 1 is 0.974 bits per heavy atom. The average molecular weight is 570 g/mol. The Bertz CT molecular complexity index is 1580. The van der Waals surface area contributed by atoms with E-state index in [-0.39, 0.29) is 5.69 Å². The predicted octanol–water partition coefficient (Wildman–Crippen LogP) is 7.02. The largest absolute Gasteiger partial charge is 0.416 e. The molecule has 0 aliphatic rings. The highest BCUT2D eigenvalue weighted by molar-refractivity contribution is 7.98. The lowest BCUT2D eigenvalue weighted by atomic mass is 10.1. The Labute approximate surface area is 228 Å². The van der Waals surface area contributed by atoms with Crippen LogP contribution in [-0.2, 0) is 18.3 Å². The summed E-state index contributed by atoms with van der Waals surface area (Å²) in [5.41, 5.74) is 1.09. The van der Waals surface area contributed by atoms with Gasteiger partial charge in [-0.15, -0.1) is 21.5 Å². The maximum absolute atomic E-state index is 13.4. The van der Waals surface area contributed by atoms with E-state index in [1.807, 2.05) is 30.3 Å². The zero-order valence-corrected chi connectivity index (χ0v) is 21.7. The fraction of sp³-hybridized carbons (Fsp3) is 0.111. The third-order valence-electron chi connectivity index (χ3n) is 5.55. The summed E-state index contributed by atoms with van der Waals surface area (Å²) in [6.45, 7) is 0. The van der Waals surface area contributed by atoms with E-state index >= 15 is 0 Å². The molecule has 1 N–H and O–H groups in total. The Kier molecular flexibility index (Phi) is 7.75. The molecule has 3 aromatic carbocycles. The van der Waals surface area contributed by atoms with Crippen molar-refractivity contribution in [2.45, 2.75) is 23.5 Å². The zero-order valence-electron chi connectivity index (χ0n) is 20.0. The van der Waals surface area contributed by atoms with Gasteiger partial charge in [-0.3, -0.25) is 9.36 Å². The van der Waals surface area contributed by atoms with Crippen LogP contribution in [0.4, 0.5) is 23.2 Å². The number of anilines is 1. The number of benzene rings is 3. The standard InChI is InChI=1S/C27H19F4N5OS2/c28-19-9-11-20(12-10-19)32-25(37)22-15-38-24(33-22)16-39-26-35-34-23(13-17-5-2-1-3-6-17)36(26)21-8-4-7-18(14-21)27(29,30)31/h1-12,14-15H,13,16H2,(H,32,37). The van der Waals surface area contributed by atoms with E-state index < -0.39 is 23.5 Å². The van der Waals surface area contributed by atoms with E-state index in [1.165, 1.54) is 53.4 Å². The lowest BCUT2D eigenvalue weighted by Gasteiger charge is -2.13. The SMILES string of the molecule is O=C(Nc1ccc(F)cc1)c1csc(CSc2nnc(Cc3ccccc3)n2-c2cccc(C(F)(F)F)c2)n1. The van der Waals surface area contributed by atoms with Crippen molar-refractivity contribution >= 4 is 34.7 Å². The van der Waals surface area contributed by atoms with E-state index in [4.69, 9.17) is 0 Å². The van der Waals surface area contributed by atoms with Gasteiger partial charge in [0.1, 0.15) is 22.3 Å². The van der Waals surface area contributed by atoms with Crippen molar-refractivity contribution in [2.75, 3.05) is 5.32 Å². The third-order valence-corrected chi connectivity index (χ3v) is 7.52. The molecule has 39 heavy (non-hydrogen) atoms. The first-order valence-electron chi connectivity index (χ1n) is 11.6. The fourth-order valence-corrected chi connectivity index (χ4v) is 5.47. The van der Waals surface area contributed by atoms with E-state index in [9.17, 15) is 22.4 Å². The van der Waals surface area contributed by atoms with Crippen LogP contribution in [0.3, 0.4) is 0 Å². The second kappa shape index (κ2) is 11.4. The zero-order chi connectivity index (χ0) is 27.4. The average Bonchev–Trinajstić information content (AvgIpc) is 3.56. The molecule has 6 nitrogen and oxygen atoms in total. The van der Waals surface area contributed by atoms with Gasteiger partial charge in [0.15, 0.2) is 5.16 Å². The molecule has 0 saturated heterocycles. The Morgan fingerprint density at radius 2 is 1.74 bits per heavy atom. The molecule has 5 rings (SSSR count). The number of nitrogens with zero attached hydrogens (tertiary/aromatic N) is 4. The molecule has 2 aromatic heterocycles. The van der Waals surface area contributed by atoms with Crippen molar-refractivity contribution in [1.29, 1.82) is 0 Å². The number of alkyl halides is 3. The van der Waals surface area contributed by atoms with Gasteiger partial charge in [0.25, 0.3) is 5.91 Å². The van der Waals surface area contributed by atoms with Crippen LogP contribution in [0.1, 0.15) is 32.4 Å². The van der Waals surface area contributed by atoms with Crippen LogP contribution in [0.25, 0.3) is 5.69 Å². The number of thioether (sulfide) groups is 1. The van der Waals surface area contributed by atoms with E-state index in [0.717, 1.165) is 17.7 Å². The van der Waals surface area contributed by atoms with Crippen LogP contribution in [0, 0.1) is 5.82 Å². The molecule has 0 spiro atoms. The summed E-state index contributed by atoms with van der Waals surface area (Å²) in [4.78, 5) is 16.9. The second-order valence-corrected chi connectivity index (χ2v) is 10.2. The first-order chi connectivity index (χ1) is 18.8. The Hall–Kier alpha value is -4.03. The van der Waals surface area contributed by atoms with Gasteiger partial charge in [-0.05, 0) is 48.0 Å². The van der Waals surface area contributed by atoms with Crippen molar-refractivity contribution < 1.29 is 22.4 Å². The molecular weight excluding hydrogens is 550 g/mol. The third kappa shape index (κ3) is 6.52. The van der Waals surface area contributed by atoms with Crippen LogP contribution in [0.5, 0.6) is 0 Å². The molecule has 5 aromatic rings. The number of carbonyl (C=O) groups is 1. The minimum atomic E-state index is -4.50. The summed E-state index contributed by atoms with van der Waals surface area (Å²) >= 11 is 2.52. The second-order valence-electron chi connectivity index (χ2n) is 8.32. The maximum Gasteiger partial charge on any atom is 0.416 e. The number of hydrogen-bond donors (Lipinski definition) is 1. The van der Waals surface area contributed by atoms with Gasteiger partial charge in [-0.1, -0.05) is 48.2 Å². The van der Waals surface area contributed by atoms with Crippen LogP contribution in [0.2, 0.25) is 0 Å². The van der Waals surface area contributed by atoms with Gasteiger partial charge < -0.3 is 5.32 Å². The molecular formula is C27H19F4N5OS2. The molecule has 0 saturated carbocycles. The number of amides is 1. The molecule has 0 aliphatic carbocycles. The highest BCUT2D eigenvalue weighted by atomic mass is 32.2. The number of carbonyl (C=O) groups excluding carboxylic acids is 1. The highest BCUT2D eigenvalue weighted by Crippen LogP contribution is 2.33. The van der Waals surface area contributed by atoms with Crippen molar-refractivity contribution in [2.24, 2.45) is 0 Å². The number of aromatic nitrogens is 4. The number of halogens is 4. The van der Waals surface area contributed by atoms with Crippen LogP contribution >= 0.6 is 23.1 Å². The topological polar surface area (TPSA) is 72.7 Å². The minimum Gasteiger partial charge on any atom is -0.321 e. The molecule has 0 radical (unpaired) electrons. The number of hydrogen-bond acceptors (Lipinski definition) is 6. The van der Waals surface area contributed by atoms with Crippen molar-refractivity contribution in [3.05, 3.63) is 118 Å². The summed E-state index contributed by atoms with van der Waals surface area (Å²) in [5.74, 6) is -0.0458. The van der Waals surface area contributed by atoms with Crippen molar-refractivity contribution in [3.63, 3.8) is 0 Å². The molecule has 0 aliphatic heterocycles. The van der Waals surface area contributed by atoms with Gasteiger partial charge in [-0.2, -0.15) is 13.2 Å². The summed E-state index contributed by atoms with van der Waals surface area (Å²) in [5, 5.41) is 13.8. The lowest BCUT2D eigenvalue weighted by Crippen LogP contribution is -2.12. The minimum absolute atomic E-state index is 0.198. The molecule has 0 bridgehead atoms. The van der Waals surface area contributed by atoms with Crippen LogP contribution in [-0.4, -0.2) is 25.7 Å². The van der Waals surface area contributed by atoms with E-state index in [2.05, 4.69) is 20.5 Å². The van der Waals surface area contributed by atoms with Gasteiger partial charge >= 0.3 is 6.18 Å². The number of nitrogens with one attached hydrogen (secondary N) is 1. The van der Waals surface area contributed by atoms with Crippen molar-refractivity contribution in [3.8, 4) is 5.69 Å². The first kappa shape index (κ1) is 26.6. The summed E-state index contributed by atoms with van der Waals surface area (Å²) in [7, 11) is 0. The van der Waals surface area contributed by atoms with Crippen LogP contribution in [0.15, 0.2) is 89.4 Å². The smallest absolute Gasteiger partial charge is 0.321 e. The molecule has 0 unspecified atom stereocenters. The molecule has 0 fully saturated rings. The fourth-order valence-electron chi connectivity index (χ4n) is 3.70. The monoisotopic (exact) mass is 569 g/mol. The molecule has 12 heteroatoms. The number of thiazole rings is 1. The lowest BCUT2D eigenvalue weighted by molar-refractivity contribution is -0.137. The van der Waals surface area contributed by atoms with Crippen molar-refractivity contribution in [1.82, 2.24) is 19.7 Å². The van der Waals surface area contributed by atoms with E-state index in [0.29, 0.717) is 39.5 Å². The molecule has 198 valence electrons. The van der Waals surface area contributed by atoms with Gasteiger partial charge in [-0.25, -0.2) is 9.37 Å². The predicted molar refractivity (Wildman–Crippen MR) is 142 cm³/mol. The Balaban J connectivity index is 1.37. The Morgan fingerprint density at radius 3 is 2.49 bits per heavy atom. The molecule has 0 atom stereocenters. The maximum atomic E-state index is 13.4.